The number of aryl methyl sites for hydroxylation is 1. The maximum atomic E-state index is 12.8. The van der Waals surface area contributed by atoms with Gasteiger partial charge in [0.25, 0.3) is 0 Å². The number of nitrogens with one attached hydrogen (secondary N) is 2. The Kier molecular flexibility index (Phi) is 6.12. The van der Waals surface area contributed by atoms with Gasteiger partial charge in [-0.3, -0.25) is 5.10 Å². The van der Waals surface area contributed by atoms with E-state index in [9.17, 15) is 8.42 Å². The number of H-pyrrole nitrogens is 1. The third kappa shape index (κ3) is 4.39. The molecule has 0 amide bonds. The van der Waals surface area contributed by atoms with Gasteiger partial charge >= 0.3 is 0 Å². The molecule has 1 aromatic rings. The zero-order valence-electron chi connectivity index (χ0n) is 13.5. The quantitative estimate of drug-likeness (QED) is 0.717. The Balaban J connectivity index is 3.17. The minimum atomic E-state index is -3.57. The van der Waals surface area contributed by atoms with Crippen molar-refractivity contribution in [3.8, 4) is 0 Å². The molecule has 0 saturated carbocycles. The average Bonchev–Trinajstić information content (AvgIpc) is 2.74. The number of aromatic nitrogens is 2. The van der Waals surface area contributed by atoms with Crippen LogP contribution in [0.3, 0.4) is 0 Å². The molecule has 1 aromatic heterocycles. The fourth-order valence-electron chi connectivity index (χ4n) is 2.03. The Hall–Kier alpha value is -1.18. The molecule has 21 heavy (non-hydrogen) atoms. The van der Waals surface area contributed by atoms with Crippen molar-refractivity contribution < 1.29 is 8.42 Å². The van der Waals surface area contributed by atoms with E-state index in [0.29, 0.717) is 31.0 Å². The number of aromatic amines is 1. The molecule has 0 saturated heterocycles. The fraction of sp³-hybridized carbons (Fsp3) is 0.643. The van der Waals surface area contributed by atoms with Crippen LogP contribution in [0.4, 0.5) is 0 Å². The number of rotatable bonds is 8. The van der Waals surface area contributed by atoms with Gasteiger partial charge in [-0.15, -0.1) is 0 Å². The summed E-state index contributed by atoms with van der Waals surface area (Å²) >= 11 is 0. The highest BCUT2D eigenvalue weighted by Gasteiger charge is 2.29. The molecule has 0 spiro atoms. The summed E-state index contributed by atoms with van der Waals surface area (Å²) < 4.78 is 27.1. The van der Waals surface area contributed by atoms with Gasteiger partial charge in [0.05, 0.1) is 11.4 Å². The van der Waals surface area contributed by atoms with Crippen molar-refractivity contribution in [3.63, 3.8) is 0 Å². The molecule has 0 aromatic carbocycles. The van der Waals surface area contributed by atoms with Crippen LogP contribution in [0.5, 0.6) is 0 Å². The second kappa shape index (κ2) is 7.20. The molecule has 0 atom stereocenters. The van der Waals surface area contributed by atoms with Gasteiger partial charge in [0.2, 0.25) is 10.0 Å². The monoisotopic (exact) mass is 314 g/mol. The summed E-state index contributed by atoms with van der Waals surface area (Å²) in [5.74, 6) is 0. The first-order valence-corrected chi connectivity index (χ1v) is 8.55. The van der Waals surface area contributed by atoms with E-state index >= 15 is 0 Å². The summed E-state index contributed by atoms with van der Waals surface area (Å²) in [5, 5.41) is 10.1. The van der Waals surface area contributed by atoms with E-state index < -0.39 is 10.0 Å². The van der Waals surface area contributed by atoms with Gasteiger partial charge < -0.3 is 5.32 Å². The highest BCUT2D eigenvalue weighted by molar-refractivity contribution is 7.89. The Bertz CT molecular complexity index is 590. The molecule has 0 aliphatic carbocycles. The maximum Gasteiger partial charge on any atom is 0.247 e. The average molecular weight is 314 g/mol. The first kappa shape index (κ1) is 17.9. The molecule has 0 aliphatic rings. The van der Waals surface area contributed by atoms with Crippen LogP contribution in [0.1, 0.15) is 39.1 Å². The number of nitrogens with zero attached hydrogens (tertiary/aromatic N) is 2. The van der Waals surface area contributed by atoms with Gasteiger partial charge in [0.1, 0.15) is 4.90 Å². The van der Waals surface area contributed by atoms with Gasteiger partial charge in [-0.05, 0) is 13.8 Å². The summed E-state index contributed by atoms with van der Waals surface area (Å²) in [7, 11) is -3.57. The Labute approximate surface area is 127 Å². The van der Waals surface area contributed by atoms with Crippen LogP contribution in [0.15, 0.2) is 17.0 Å². The second-order valence-electron chi connectivity index (χ2n) is 5.55. The van der Waals surface area contributed by atoms with E-state index in [1.165, 1.54) is 4.31 Å². The maximum absolute atomic E-state index is 12.8. The summed E-state index contributed by atoms with van der Waals surface area (Å²) in [4.78, 5) is 0.277. The highest BCUT2D eigenvalue weighted by atomic mass is 32.2. The van der Waals surface area contributed by atoms with Gasteiger partial charge in [0.15, 0.2) is 0 Å². The Morgan fingerprint density at radius 1 is 1.48 bits per heavy atom. The normalized spacial score (nSPS) is 12.3. The molecule has 120 valence electrons. The third-order valence-electron chi connectivity index (χ3n) is 3.04. The van der Waals surface area contributed by atoms with Gasteiger partial charge in [0, 0.05) is 25.7 Å². The van der Waals surface area contributed by atoms with Crippen molar-refractivity contribution >= 4 is 10.0 Å². The van der Waals surface area contributed by atoms with Crippen LogP contribution < -0.4 is 5.32 Å². The van der Waals surface area contributed by atoms with Crippen LogP contribution in [0, 0.1) is 6.92 Å². The van der Waals surface area contributed by atoms with Crippen LogP contribution in [0.2, 0.25) is 0 Å². The summed E-state index contributed by atoms with van der Waals surface area (Å²) in [6, 6.07) is 0.259. The minimum absolute atomic E-state index is 0.259. The predicted molar refractivity (Wildman–Crippen MR) is 84.5 cm³/mol. The fourth-order valence-corrected chi connectivity index (χ4v) is 3.87. The van der Waals surface area contributed by atoms with Crippen molar-refractivity contribution in [3.05, 3.63) is 23.5 Å². The zero-order valence-corrected chi connectivity index (χ0v) is 14.3. The SMILES string of the molecule is C=C(C)CN(CC)S(=O)(=O)c1c(CNC(C)C)n[nH]c1C. The molecule has 0 fully saturated rings. The molecule has 1 rings (SSSR count). The number of likely N-dealkylation sites (N-methyl/N-ethyl adjacent to an activating group) is 1. The van der Waals surface area contributed by atoms with E-state index in [1.807, 2.05) is 27.7 Å². The van der Waals surface area contributed by atoms with E-state index in [-0.39, 0.29) is 10.9 Å². The molecule has 0 unspecified atom stereocenters. The summed E-state index contributed by atoms with van der Waals surface area (Å²) in [6.07, 6.45) is 0. The minimum Gasteiger partial charge on any atom is -0.309 e. The van der Waals surface area contributed by atoms with Crippen LogP contribution in [-0.2, 0) is 16.6 Å². The van der Waals surface area contributed by atoms with Crippen LogP contribution in [0.25, 0.3) is 0 Å². The standard InChI is InChI=1S/C14H26N4O2S/c1-7-18(9-10(2)3)21(19,20)14-12(6)16-17-13(14)8-15-11(4)5/h11,15H,2,7-9H2,1,3-6H3,(H,16,17). The van der Waals surface area contributed by atoms with Crippen molar-refractivity contribution in [2.45, 2.75) is 52.1 Å². The Morgan fingerprint density at radius 3 is 2.57 bits per heavy atom. The van der Waals surface area contributed by atoms with Crippen molar-refractivity contribution in [2.24, 2.45) is 0 Å². The highest BCUT2D eigenvalue weighted by Crippen LogP contribution is 2.22. The lowest BCUT2D eigenvalue weighted by Crippen LogP contribution is -2.33. The van der Waals surface area contributed by atoms with Gasteiger partial charge in [-0.25, -0.2) is 8.42 Å². The molecular formula is C14H26N4O2S. The number of hydrogen-bond acceptors (Lipinski definition) is 4. The zero-order chi connectivity index (χ0) is 16.2. The number of sulfonamides is 1. The summed E-state index contributed by atoms with van der Waals surface area (Å²) in [6.45, 7) is 14.3. The molecule has 0 aliphatic heterocycles. The second-order valence-corrected chi connectivity index (χ2v) is 7.42. The molecule has 7 heteroatoms. The lowest BCUT2D eigenvalue weighted by Gasteiger charge is -2.21. The third-order valence-corrected chi connectivity index (χ3v) is 5.16. The van der Waals surface area contributed by atoms with Crippen LogP contribution in [-0.4, -0.2) is 42.1 Å². The molecular weight excluding hydrogens is 288 g/mol. The van der Waals surface area contributed by atoms with E-state index in [0.717, 1.165) is 5.57 Å². The van der Waals surface area contributed by atoms with Crippen LogP contribution >= 0.6 is 0 Å². The molecule has 2 N–H and O–H groups in total. The first-order valence-electron chi connectivity index (χ1n) is 7.11. The molecule has 1 heterocycles. The topological polar surface area (TPSA) is 78.1 Å². The van der Waals surface area contributed by atoms with Gasteiger partial charge in [-0.1, -0.05) is 32.9 Å². The smallest absolute Gasteiger partial charge is 0.247 e. The van der Waals surface area contributed by atoms with Crippen molar-refractivity contribution in [1.82, 2.24) is 19.8 Å². The largest absolute Gasteiger partial charge is 0.309 e. The number of hydrogen-bond donors (Lipinski definition) is 2. The lowest BCUT2D eigenvalue weighted by atomic mass is 10.3. The van der Waals surface area contributed by atoms with Gasteiger partial charge in [-0.2, -0.15) is 9.40 Å². The predicted octanol–water partition coefficient (Wildman–Crippen LogP) is 1.80. The first-order chi connectivity index (χ1) is 9.70. The van der Waals surface area contributed by atoms with E-state index in [1.54, 1.807) is 6.92 Å². The molecule has 6 nitrogen and oxygen atoms in total. The summed E-state index contributed by atoms with van der Waals surface area (Å²) in [5.41, 5.74) is 1.90. The molecule has 0 bridgehead atoms. The van der Waals surface area contributed by atoms with Crippen molar-refractivity contribution in [2.75, 3.05) is 13.1 Å². The Morgan fingerprint density at radius 2 is 2.10 bits per heavy atom. The molecule has 0 radical (unpaired) electrons. The lowest BCUT2D eigenvalue weighted by molar-refractivity contribution is 0.451. The van der Waals surface area contributed by atoms with E-state index in [2.05, 4.69) is 22.1 Å². The van der Waals surface area contributed by atoms with Crippen molar-refractivity contribution in [1.29, 1.82) is 0 Å². The van der Waals surface area contributed by atoms with E-state index in [4.69, 9.17) is 0 Å².